The van der Waals surface area contributed by atoms with Crippen LogP contribution in [0.4, 0.5) is 15.4 Å². The van der Waals surface area contributed by atoms with Crippen molar-refractivity contribution in [2.24, 2.45) is 12.8 Å². The lowest BCUT2D eigenvalue weighted by molar-refractivity contribution is -0.143. The third-order valence-electron chi connectivity index (χ3n) is 7.44. The van der Waals surface area contributed by atoms with Crippen molar-refractivity contribution in [3.63, 3.8) is 0 Å². The topological polar surface area (TPSA) is 170 Å². The molecule has 1 saturated heterocycles. The molecule has 2 aromatic carbocycles. The monoisotopic (exact) mass is 640 g/mol. The summed E-state index contributed by atoms with van der Waals surface area (Å²) in [4.78, 5) is 50.6. The normalized spacial score (nSPS) is 16.2. The highest BCUT2D eigenvalue weighted by Crippen LogP contribution is 2.32. The zero-order valence-corrected chi connectivity index (χ0v) is 27.0. The number of carbonyl (C=O) groups excluding carboxylic acids is 3. The average molecular weight is 641 g/mol. The summed E-state index contributed by atoms with van der Waals surface area (Å²) in [7, 11) is 1.75. The maximum absolute atomic E-state index is 12.2. The molecular weight excluding hydrogens is 596 g/mol. The van der Waals surface area contributed by atoms with Crippen molar-refractivity contribution in [1.82, 2.24) is 19.6 Å². The van der Waals surface area contributed by atoms with Crippen LogP contribution in [0.2, 0.25) is 0 Å². The first kappa shape index (κ1) is 35.6. The van der Waals surface area contributed by atoms with Crippen LogP contribution in [0.5, 0.6) is 5.75 Å². The number of nitrogens with two attached hydrogens (primary N) is 1. The number of anilines is 1. The standard InChI is InChI=1S/C23H34N6O6.C9H10O2/c1-5-34-19(30)9-10-29(22(24)31)21-17-7-6-8-18(20(17)26(4)25-21)35-12-11-28-15(2)13-27(23(32)33)14-16(28)3;1-8(10)11-7-9-5-3-2-4-6-9/h6-8,15-16H,5,9-14H2,1-4H3,(H2,24,31)(H,32,33);2-6H,7H2,1H3/t15-,16+;. The van der Waals surface area contributed by atoms with E-state index in [1.54, 1.807) is 18.7 Å². The van der Waals surface area contributed by atoms with E-state index in [0.29, 0.717) is 55.3 Å². The van der Waals surface area contributed by atoms with Crippen molar-refractivity contribution in [1.29, 1.82) is 0 Å². The van der Waals surface area contributed by atoms with Gasteiger partial charge in [0, 0.05) is 57.6 Å². The van der Waals surface area contributed by atoms with Crippen molar-refractivity contribution in [2.45, 2.75) is 52.8 Å². The highest BCUT2D eigenvalue weighted by Gasteiger charge is 2.31. The molecule has 14 nitrogen and oxygen atoms in total. The van der Waals surface area contributed by atoms with E-state index in [1.807, 2.05) is 62.4 Å². The largest absolute Gasteiger partial charge is 0.490 e. The van der Waals surface area contributed by atoms with Crippen molar-refractivity contribution in [3.8, 4) is 5.75 Å². The van der Waals surface area contributed by atoms with Crippen molar-refractivity contribution < 1.29 is 38.5 Å². The molecule has 0 unspecified atom stereocenters. The van der Waals surface area contributed by atoms with Crippen LogP contribution in [0.1, 0.15) is 39.7 Å². The number of piperazine rings is 1. The van der Waals surface area contributed by atoms with Gasteiger partial charge in [-0.15, -0.1) is 0 Å². The Bertz CT molecular complexity index is 1470. The fourth-order valence-corrected chi connectivity index (χ4v) is 5.33. The number of ether oxygens (including phenoxy) is 3. The highest BCUT2D eigenvalue weighted by atomic mass is 16.5. The zero-order valence-electron chi connectivity index (χ0n) is 27.0. The highest BCUT2D eigenvalue weighted by molar-refractivity contribution is 6.02. The molecule has 0 aliphatic carbocycles. The average Bonchev–Trinajstić information content (AvgIpc) is 3.34. The number of para-hydroxylation sites is 1. The molecule has 0 spiro atoms. The van der Waals surface area contributed by atoms with E-state index in [0.717, 1.165) is 5.56 Å². The summed E-state index contributed by atoms with van der Waals surface area (Å²) in [6.07, 6.45) is -0.901. The molecule has 250 valence electrons. The summed E-state index contributed by atoms with van der Waals surface area (Å²) in [6, 6.07) is 14.5. The first-order chi connectivity index (χ1) is 21.9. The van der Waals surface area contributed by atoms with E-state index in [2.05, 4.69) is 10.00 Å². The van der Waals surface area contributed by atoms with E-state index in [-0.39, 0.29) is 37.6 Å². The fourth-order valence-electron chi connectivity index (χ4n) is 5.33. The molecule has 2 heterocycles. The van der Waals surface area contributed by atoms with Gasteiger partial charge in [-0.25, -0.2) is 9.59 Å². The van der Waals surface area contributed by atoms with Gasteiger partial charge < -0.3 is 30.0 Å². The van der Waals surface area contributed by atoms with Crippen molar-refractivity contribution in [2.75, 3.05) is 44.3 Å². The number of aryl methyl sites for hydroxylation is 1. The second kappa shape index (κ2) is 17.0. The Morgan fingerprint density at radius 2 is 1.70 bits per heavy atom. The number of primary amides is 1. The molecule has 0 saturated carbocycles. The maximum Gasteiger partial charge on any atom is 0.407 e. The van der Waals surface area contributed by atoms with Gasteiger partial charge in [0.25, 0.3) is 0 Å². The summed E-state index contributed by atoms with van der Waals surface area (Å²) < 4.78 is 17.5. The fraction of sp³-hybridized carbons (Fsp3) is 0.469. The quantitative estimate of drug-likeness (QED) is 0.295. The third-order valence-corrected chi connectivity index (χ3v) is 7.44. The Morgan fingerprint density at radius 3 is 2.28 bits per heavy atom. The van der Waals surface area contributed by atoms with Gasteiger partial charge in [0.05, 0.1) is 13.0 Å². The molecule has 3 amide bonds. The Morgan fingerprint density at radius 1 is 1.02 bits per heavy atom. The van der Waals surface area contributed by atoms with Gasteiger partial charge in [0.1, 0.15) is 24.5 Å². The third kappa shape index (κ3) is 9.83. The zero-order chi connectivity index (χ0) is 33.8. The Labute approximate surface area is 268 Å². The number of esters is 2. The predicted molar refractivity (Wildman–Crippen MR) is 172 cm³/mol. The minimum absolute atomic E-state index is 0.00342. The first-order valence-corrected chi connectivity index (χ1v) is 15.1. The Balaban J connectivity index is 0.000000441. The number of aromatic nitrogens is 2. The number of carboxylic acid groups (broad SMARTS) is 1. The lowest BCUT2D eigenvalue weighted by Crippen LogP contribution is -2.58. The van der Waals surface area contributed by atoms with E-state index in [4.69, 9.17) is 19.9 Å². The molecule has 1 fully saturated rings. The molecule has 1 aromatic heterocycles. The molecule has 1 aliphatic heterocycles. The molecule has 4 rings (SSSR count). The molecular formula is C32H44N6O8. The smallest absolute Gasteiger partial charge is 0.407 e. The molecule has 14 heteroatoms. The number of benzene rings is 2. The van der Waals surface area contributed by atoms with Crippen LogP contribution in [0.25, 0.3) is 10.9 Å². The first-order valence-electron chi connectivity index (χ1n) is 15.1. The van der Waals surface area contributed by atoms with E-state index in [9.17, 15) is 24.3 Å². The molecule has 0 radical (unpaired) electrons. The molecule has 1 aliphatic rings. The van der Waals surface area contributed by atoms with Crippen LogP contribution in [-0.4, -0.2) is 100 Å². The predicted octanol–water partition coefficient (Wildman–Crippen LogP) is 3.61. The van der Waals surface area contributed by atoms with Crippen molar-refractivity contribution >= 4 is 40.8 Å². The van der Waals surface area contributed by atoms with Gasteiger partial charge in [-0.1, -0.05) is 36.4 Å². The van der Waals surface area contributed by atoms with Gasteiger partial charge in [-0.2, -0.15) is 5.10 Å². The molecule has 3 N–H and O–H groups in total. The summed E-state index contributed by atoms with van der Waals surface area (Å²) in [5, 5.41) is 14.4. The minimum atomic E-state index is -0.898. The Hall–Kier alpha value is -4.85. The second-order valence-corrected chi connectivity index (χ2v) is 10.9. The SMILES string of the molecule is CC(=O)OCc1ccccc1.CCOC(=O)CCN(C(N)=O)c1nn(C)c2c(OCCN3[C@H](C)CN(C(=O)O)C[C@@H]3C)cccc12. The number of hydrogen-bond acceptors (Lipinski definition) is 9. The Kier molecular flexibility index (Phi) is 13.2. The summed E-state index contributed by atoms with van der Waals surface area (Å²) in [5.41, 5.74) is 7.31. The number of amides is 3. The van der Waals surface area contributed by atoms with E-state index in [1.165, 1.54) is 16.7 Å². The van der Waals surface area contributed by atoms with Gasteiger partial charge >= 0.3 is 24.1 Å². The molecule has 2 atom stereocenters. The second-order valence-electron chi connectivity index (χ2n) is 10.9. The van der Waals surface area contributed by atoms with Crippen LogP contribution in [0, 0.1) is 0 Å². The molecule has 46 heavy (non-hydrogen) atoms. The molecule has 3 aromatic rings. The maximum atomic E-state index is 12.2. The number of nitrogens with zero attached hydrogens (tertiary/aromatic N) is 5. The minimum Gasteiger partial charge on any atom is -0.490 e. The molecule has 0 bridgehead atoms. The van der Waals surface area contributed by atoms with E-state index >= 15 is 0 Å². The van der Waals surface area contributed by atoms with Crippen LogP contribution in [0.15, 0.2) is 48.5 Å². The summed E-state index contributed by atoms with van der Waals surface area (Å²) in [6.45, 7) is 9.74. The number of carbonyl (C=O) groups is 4. The van der Waals surface area contributed by atoms with Crippen LogP contribution < -0.4 is 15.4 Å². The van der Waals surface area contributed by atoms with Gasteiger partial charge in [-0.3, -0.25) is 24.1 Å². The van der Waals surface area contributed by atoms with Gasteiger partial charge in [-0.05, 0) is 38.5 Å². The lowest BCUT2D eigenvalue weighted by Gasteiger charge is -2.43. The number of rotatable bonds is 11. The van der Waals surface area contributed by atoms with Gasteiger partial charge in [0.2, 0.25) is 0 Å². The number of fused-ring (bicyclic) bond motifs is 1. The lowest BCUT2D eigenvalue weighted by atomic mass is 10.1. The van der Waals surface area contributed by atoms with Crippen LogP contribution >= 0.6 is 0 Å². The number of urea groups is 1. The summed E-state index contributed by atoms with van der Waals surface area (Å²) >= 11 is 0. The number of hydrogen-bond donors (Lipinski definition) is 2. The van der Waals surface area contributed by atoms with Crippen LogP contribution in [0.3, 0.4) is 0 Å². The van der Waals surface area contributed by atoms with E-state index < -0.39 is 18.1 Å². The van der Waals surface area contributed by atoms with Crippen LogP contribution in [-0.2, 0) is 32.7 Å². The summed E-state index contributed by atoms with van der Waals surface area (Å²) in [5.74, 6) is 0.282. The van der Waals surface area contributed by atoms with Gasteiger partial charge in [0.15, 0.2) is 5.82 Å². The van der Waals surface area contributed by atoms with Crippen molar-refractivity contribution in [3.05, 3.63) is 54.1 Å².